The molecule has 0 aromatic carbocycles. The summed E-state index contributed by atoms with van der Waals surface area (Å²) in [5.41, 5.74) is 0. The van der Waals surface area contributed by atoms with Gasteiger partial charge in [-0.3, -0.25) is 4.79 Å². The molecule has 0 bridgehead atoms. The first-order valence-corrected chi connectivity index (χ1v) is 3.71. The predicted octanol–water partition coefficient (Wildman–Crippen LogP) is 1.26. The van der Waals surface area contributed by atoms with Crippen LogP contribution in [0.15, 0.2) is 0 Å². The quantitative estimate of drug-likeness (QED) is 0.480. The summed E-state index contributed by atoms with van der Waals surface area (Å²) in [5.74, 6) is 0.630. The van der Waals surface area contributed by atoms with Gasteiger partial charge in [-0.15, -0.1) is 0 Å². The molecule has 0 unspecified atom stereocenters. The Morgan fingerprint density at radius 2 is 2.33 bits per heavy atom. The summed E-state index contributed by atoms with van der Waals surface area (Å²) in [6, 6.07) is 0. The van der Waals surface area contributed by atoms with Crippen LogP contribution >= 0.6 is 12.6 Å². The smallest absolute Gasteiger partial charge is 0.305 e. The summed E-state index contributed by atoms with van der Waals surface area (Å²) in [4.78, 5) is 10.5. The summed E-state index contributed by atoms with van der Waals surface area (Å²) >= 11 is 3.96. The highest BCUT2D eigenvalue weighted by Gasteiger charge is 1.97. The first-order chi connectivity index (χ1) is 4.31. The molecule has 0 saturated carbocycles. The van der Waals surface area contributed by atoms with Crippen molar-refractivity contribution in [3.8, 4) is 0 Å². The van der Waals surface area contributed by atoms with Crippen molar-refractivity contribution in [2.75, 3.05) is 12.4 Å². The zero-order valence-corrected chi connectivity index (χ0v) is 6.49. The Bertz CT molecular complexity index is 83.1. The Balaban J connectivity index is 3.06. The van der Waals surface area contributed by atoms with Crippen LogP contribution in [0.1, 0.15) is 19.8 Å². The fraction of sp³-hybridized carbons (Fsp3) is 0.833. The molecule has 0 atom stereocenters. The topological polar surface area (TPSA) is 26.3 Å². The molecule has 0 radical (unpaired) electrons. The van der Waals surface area contributed by atoms with Crippen LogP contribution in [0.3, 0.4) is 0 Å². The van der Waals surface area contributed by atoms with Crippen LogP contribution in [0, 0.1) is 0 Å². The van der Waals surface area contributed by atoms with Crippen molar-refractivity contribution in [2.45, 2.75) is 19.8 Å². The SMILES string of the molecule is CCOC(=O)CCCS. The lowest BCUT2D eigenvalue weighted by Gasteiger charge is -1.97. The summed E-state index contributed by atoms with van der Waals surface area (Å²) in [6.45, 7) is 2.28. The highest BCUT2D eigenvalue weighted by atomic mass is 32.1. The Labute approximate surface area is 61.0 Å². The third-order valence-electron chi connectivity index (χ3n) is 0.844. The molecule has 3 heteroatoms. The fourth-order valence-corrected chi connectivity index (χ4v) is 0.615. The average Bonchev–Trinajstić information content (AvgIpc) is 1.85. The summed E-state index contributed by atoms with van der Waals surface area (Å²) in [7, 11) is 0. The molecule has 0 aliphatic carbocycles. The van der Waals surface area contributed by atoms with Crippen LogP contribution in [0.4, 0.5) is 0 Å². The van der Waals surface area contributed by atoms with E-state index in [0.717, 1.165) is 12.2 Å². The van der Waals surface area contributed by atoms with E-state index in [9.17, 15) is 4.79 Å². The second-order valence-corrected chi connectivity index (χ2v) is 2.08. The van der Waals surface area contributed by atoms with E-state index < -0.39 is 0 Å². The zero-order chi connectivity index (χ0) is 7.11. The second kappa shape index (κ2) is 5.95. The standard InChI is InChI=1S/C6H12O2S/c1-2-8-6(7)4-3-5-9/h9H,2-5H2,1H3. The Morgan fingerprint density at radius 3 is 2.78 bits per heavy atom. The van der Waals surface area contributed by atoms with E-state index in [1.807, 2.05) is 0 Å². The van der Waals surface area contributed by atoms with Crippen LogP contribution < -0.4 is 0 Å². The van der Waals surface area contributed by atoms with Gasteiger partial charge < -0.3 is 4.74 Å². The van der Waals surface area contributed by atoms with Gasteiger partial charge in [-0.2, -0.15) is 12.6 Å². The molecule has 0 rings (SSSR count). The molecule has 0 aromatic rings. The van der Waals surface area contributed by atoms with E-state index in [1.165, 1.54) is 0 Å². The number of carbonyl (C=O) groups excluding carboxylic acids is 1. The summed E-state index contributed by atoms with van der Waals surface area (Å²) in [6.07, 6.45) is 1.30. The minimum atomic E-state index is -0.119. The first-order valence-electron chi connectivity index (χ1n) is 3.07. The van der Waals surface area contributed by atoms with Gasteiger partial charge in [0.1, 0.15) is 0 Å². The number of ether oxygens (including phenoxy) is 1. The van der Waals surface area contributed by atoms with Crippen molar-refractivity contribution in [1.29, 1.82) is 0 Å². The predicted molar refractivity (Wildman–Crippen MR) is 39.7 cm³/mol. The Kier molecular flexibility index (Phi) is 5.83. The van der Waals surface area contributed by atoms with E-state index in [4.69, 9.17) is 0 Å². The van der Waals surface area contributed by atoms with Crippen LogP contribution in [0.25, 0.3) is 0 Å². The fourth-order valence-electron chi connectivity index (χ4n) is 0.457. The monoisotopic (exact) mass is 148 g/mol. The number of carbonyl (C=O) groups is 1. The number of hydrogen-bond acceptors (Lipinski definition) is 3. The molecule has 0 saturated heterocycles. The van der Waals surface area contributed by atoms with E-state index in [1.54, 1.807) is 6.92 Å². The van der Waals surface area contributed by atoms with Crippen molar-refractivity contribution in [2.24, 2.45) is 0 Å². The van der Waals surface area contributed by atoms with E-state index in [-0.39, 0.29) is 5.97 Å². The largest absolute Gasteiger partial charge is 0.466 e. The molecular weight excluding hydrogens is 136 g/mol. The van der Waals surface area contributed by atoms with Crippen LogP contribution in [0.2, 0.25) is 0 Å². The Morgan fingerprint density at radius 1 is 1.67 bits per heavy atom. The van der Waals surface area contributed by atoms with Crippen molar-refractivity contribution in [1.82, 2.24) is 0 Å². The molecule has 0 aliphatic heterocycles. The highest BCUT2D eigenvalue weighted by Crippen LogP contribution is 1.93. The molecule has 2 nitrogen and oxygen atoms in total. The molecule has 9 heavy (non-hydrogen) atoms. The maximum absolute atomic E-state index is 10.5. The molecule has 54 valence electrons. The normalized spacial score (nSPS) is 9.11. The molecule has 0 amide bonds. The van der Waals surface area contributed by atoms with E-state index >= 15 is 0 Å². The van der Waals surface area contributed by atoms with E-state index in [0.29, 0.717) is 13.0 Å². The molecule has 0 spiro atoms. The highest BCUT2D eigenvalue weighted by molar-refractivity contribution is 7.80. The summed E-state index contributed by atoms with van der Waals surface area (Å²) < 4.78 is 4.67. The molecule has 0 aliphatic rings. The number of thiol groups is 1. The lowest BCUT2D eigenvalue weighted by molar-refractivity contribution is -0.143. The third-order valence-corrected chi connectivity index (χ3v) is 1.16. The number of rotatable bonds is 4. The van der Waals surface area contributed by atoms with Crippen molar-refractivity contribution < 1.29 is 9.53 Å². The first kappa shape index (κ1) is 8.82. The van der Waals surface area contributed by atoms with Gasteiger partial charge in [-0.1, -0.05) is 0 Å². The lowest BCUT2D eigenvalue weighted by Crippen LogP contribution is -2.03. The van der Waals surface area contributed by atoms with Crippen LogP contribution in [-0.2, 0) is 9.53 Å². The van der Waals surface area contributed by atoms with Crippen molar-refractivity contribution in [3.63, 3.8) is 0 Å². The van der Waals surface area contributed by atoms with Crippen LogP contribution in [-0.4, -0.2) is 18.3 Å². The molecule has 0 fully saturated rings. The molecule has 0 aromatic heterocycles. The minimum absolute atomic E-state index is 0.119. The number of esters is 1. The van der Waals surface area contributed by atoms with Gasteiger partial charge in [-0.05, 0) is 19.1 Å². The van der Waals surface area contributed by atoms with Gasteiger partial charge in [0.15, 0.2) is 0 Å². The average molecular weight is 148 g/mol. The molecule has 0 heterocycles. The maximum Gasteiger partial charge on any atom is 0.305 e. The maximum atomic E-state index is 10.5. The molecule has 0 N–H and O–H groups in total. The van der Waals surface area contributed by atoms with Gasteiger partial charge in [0.25, 0.3) is 0 Å². The molecular formula is C6H12O2S. The zero-order valence-electron chi connectivity index (χ0n) is 5.59. The lowest BCUT2D eigenvalue weighted by atomic mass is 10.3. The van der Waals surface area contributed by atoms with Crippen molar-refractivity contribution >= 4 is 18.6 Å². The van der Waals surface area contributed by atoms with Gasteiger partial charge >= 0.3 is 5.97 Å². The van der Waals surface area contributed by atoms with Gasteiger partial charge in [0, 0.05) is 6.42 Å². The summed E-state index contributed by atoms with van der Waals surface area (Å²) in [5, 5.41) is 0. The van der Waals surface area contributed by atoms with Crippen molar-refractivity contribution in [3.05, 3.63) is 0 Å². The van der Waals surface area contributed by atoms with Gasteiger partial charge in [0.05, 0.1) is 6.61 Å². The van der Waals surface area contributed by atoms with Gasteiger partial charge in [0.2, 0.25) is 0 Å². The van der Waals surface area contributed by atoms with Crippen LogP contribution in [0.5, 0.6) is 0 Å². The number of hydrogen-bond donors (Lipinski definition) is 1. The van der Waals surface area contributed by atoms with Gasteiger partial charge in [-0.25, -0.2) is 0 Å². The minimum Gasteiger partial charge on any atom is -0.466 e. The second-order valence-electron chi connectivity index (χ2n) is 1.63. The third kappa shape index (κ3) is 5.69. The van der Waals surface area contributed by atoms with E-state index in [2.05, 4.69) is 17.4 Å². The Hall–Kier alpha value is -0.180.